The van der Waals surface area contributed by atoms with Crippen LogP contribution in [-0.2, 0) is 0 Å². The summed E-state index contributed by atoms with van der Waals surface area (Å²) in [5, 5.41) is 12.3. The van der Waals surface area contributed by atoms with Crippen molar-refractivity contribution in [2.24, 2.45) is 0 Å². The molecule has 0 bridgehead atoms. The summed E-state index contributed by atoms with van der Waals surface area (Å²) in [5.41, 5.74) is 0.288. The first kappa shape index (κ1) is 11.2. The molecule has 2 heterocycles. The molecule has 0 radical (unpaired) electrons. The fourth-order valence-corrected chi connectivity index (χ4v) is 1.90. The predicted octanol–water partition coefficient (Wildman–Crippen LogP) is 1.74. The summed E-state index contributed by atoms with van der Waals surface area (Å²) in [7, 11) is 0. The van der Waals surface area contributed by atoms with E-state index in [1.807, 2.05) is 6.07 Å². The van der Waals surface area contributed by atoms with Crippen molar-refractivity contribution in [2.75, 3.05) is 13.1 Å². The number of nitrogens with one attached hydrogen (secondary N) is 1. The fraction of sp³-hybridized carbons (Fsp3) is 0.455. The summed E-state index contributed by atoms with van der Waals surface area (Å²) >= 11 is 5.79. The van der Waals surface area contributed by atoms with E-state index in [1.165, 1.54) is 0 Å². The predicted molar refractivity (Wildman–Crippen MR) is 60.5 cm³/mol. The fourth-order valence-electron chi connectivity index (χ4n) is 1.70. The summed E-state index contributed by atoms with van der Waals surface area (Å²) in [6, 6.07) is 5.22. The first-order valence-electron chi connectivity index (χ1n) is 5.23. The van der Waals surface area contributed by atoms with Gasteiger partial charge in [0.1, 0.15) is 28.8 Å². The van der Waals surface area contributed by atoms with Gasteiger partial charge in [-0.1, -0.05) is 11.6 Å². The maximum atomic E-state index is 8.76. The third-order valence-electron chi connectivity index (χ3n) is 2.47. The van der Waals surface area contributed by atoms with Gasteiger partial charge in [0.2, 0.25) is 0 Å². The Labute approximate surface area is 99.2 Å². The summed E-state index contributed by atoms with van der Waals surface area (Å²) < 4.78 is 5.76. The highest BCUT2D eigenvalue weighted by molar-refractivity contribution is 6.29. The van der Waals surface area contributed by atoms with Gasteiger partial charge in [0.25, 0.3) is 0 Å². The number of hydrogen-bond acceptors (Lipinski definition) is 4. The first-order valence-corrected chi connectivity index (χ1v) is 5.61. The Morgan fingerprint density at radius 1 is 1.44 bits per heavy atom. The molecule has 1 aromatic rings. The standard InChI is InChI=1S/C11H12ClN3O/c12-11-6-10(5-8(7-13)15-11)16-9-1-3-14-4-2-9/h5-6,9,14H,1-4H2. The van der Waals surface area contributed by atoms with Crippen LogP contribution in [0.4, 0.5) is 0 Å². The second-order valence-corrected chi connectivity index (χ2v) is 4.08. The molecule has 16 heavy (non-hydrogen) atoms. The molecule has 5 heteroatoms. The molecule has 0 saturated carbocycles. The normalized spacial score (nSPS) is 16.8. The number of pyridine rings is 1. The van der Waals surface area contributed by atoms with Crippen molar-refractivity contribution in [3.63, 3.8) is 0 Å². The summed E-state index contributed by atoms with van der Waals surface area (Å²) in [6.45, 7) is 1.93. The number of rotatable bonds is 2. The van der Waals surface area contributed by atoms with Crippen molar-refractivity contribution in [3.05, 3.63) is 23.0 Å². The van der Waals surface area contributed by atoms with Gasteiger partial charge < -0.3 is 10.1 Å². The molecule has 0 atom stereocenters. The van der Waals surface area contributed by atoms with E-state index in [0.29, 0.717) is 10.9 Å². The summed E-state index contributed by atoms with van der Waals surface area (Å²) in [5.74, 6) is 0.628. The minimum Gasteiger partial charge on any atom is -0.490 e. The molecule has 1 aliphatic heterocycles. The average molecular weight is 238 g/mol. The van der Waals surface area contributed by atoms with Crippen LogP contribution in [0.1, 0.15) is 18.5 Å². The SMILES string of the molecule is N#Cc1cc(OC2CCNCC2)cc(Cl)n1. The van der Waals surface area contributed by atoms with E-state index in [4.69, 9.17) is 21.6 Å². The lowest BCUT2D eigenvalue weighted by molar-refractivity contribution is 0.162. The molecule has 1 aromatic heterocycles. The molecule has 0 aliphatic carbocycles. The number of ether oxygens (including phenoxy) is 1. The third-order valence-corrected chi connectivity index (χ3v) is 2.66. The van der Waals surface area contributed by atoms with E-state index < -0.39 is 0 Å². The highest BCUT2D eigenvalue weighted by Gasteiger charge is 2.15. The van der Waals surface area contributed by atoms with Gasteiger partial charge in [-0.25, -0.2) is 4.98 Å². The molecule has 1 N–H and O–H groups in total. The zero-order valence-electron chi connectivity index (χ0n) is 8.74. The van der Waals surface area contributed by atoms with Crippen LogP contribution in [0.2, 0.25) is 5.15 Å². The molecule has 84 valence electrons. The van der Waals surface area contributed by atoms with Crippen LogP contribution in [0.5, 0.6) is 5.75 Å². The Morgan fingerprint density at radius 2 is 2.19 bits per heavy atom. The van der Waals surface area contributed by atoms with Gasteiger partial charge in [0.15, 0.2) is 0 Å². The maximum absolute atomic E-state index is 8.76. The largest absolute Gasteiger partial charge is 0.490 e. The smallest absolute Gasteiger partial charge is 0.145 e. The summed E-state index contributed by atoms with van der Waals surface area (Å²) in [6.07, 6.45) is 2.15. The molecule has 1 fully saturated rings. The van der Waals surface area contributed by atoms with Crippen molar-refractivity contribution < 1.29 is 4.74 Å². The third kappa shape index (κ3) is 2.84. The van der Waals surface area contributed by atoms with Crippen molar-refractivity contribution in [1.29, 1.82) is 5.26 Å². The van der Waals surface area contributed by atoms with E-state index in [-0.39, 0.29) is 11.8 Å². The highest BCUT2D eigenvalue weighted by atomic mass is 35.5. The van der Waals surface area contributed by atoms with Crippen molar-refractivity contribution >= 4 is 11.6 Å². The second kappa shape index (κ2) is 5.15. The molecule has 0 aromatic carbocycles. The van der Waals surface area contributed by atoms with Gasteiger partial charge in [0.05, 0.1) is 0 Å². The lowest BCUT2D eigenvalue weighted by Gasteiger charge is -2.23. The van der Waals surface area contributed by atoms with Crippen LogP contribution in [0.25, 0.3) is 0 Å². The van der Waals surface area contributed by atoms with Gasteiger partial charge in [0, 0.05) is 12.1 Å². The Kier molecular flexibility index (Phi) is 3.60. The van der Waals surface area contributed by atoms with Gasteiger partial charge in [-0.3, -0.25) is 0 Å². The van der Waals surface area contributed by atoms with Crippen molar-refractivity contribution in [2.45, 2.75) is 18.9 Å². The summed E-state index contributed by atoms with van der Waals surface area (Å²) in [4.78, 5) is 3.86. The van der Waals surface area contributed by atoms with Crippen LogP contribution in [0.3, 0.4) is 0 Å². The van der Waals surface area contributed by atoms with Crippen molar-refractivity contribution in [3.8, 4) is 11.8 Å². The van der Waals surface area contributed by atoms with E-state index in [9.17, 15) is 0 Å². The molecule has 4 nitrogen and oxygen atoms in total. The van der Waals surface area contributed by atoms with Gasteiger partial charge in [-0.2, -0.15) is 5.26 Å². The lowest BCUT2D eigenvalue weighted by Crippen LogP contribution is -2.34. The minimum atomic E-state index is 0.200. The van der Waals surface area contributed by atoms with Crippen LogP contribution < -0.4 is 10.1 Å². The van der Waals surface area contributed by atoms with Crippen LogP contribution in [0.15, 0.2) is 12.1 Å². The zero-order chi connectivity index (χ0) is 11.4. The molecule has 1 saturated heterocycles. The number of nitrogens with zero attached hydrogens (tertiary/aromatic N) is 2. The maximum Gasteiger partial charge on any atom is 0.145 e. The van der Waals surface area contributed by atoms with Gasteiger partial charge in [-0.15, -0.1) is 0 Å². The Balaban J connectivity index is 2.08. The lowest BCUT2D eigenvalue weighted by atomic mass is 10.1. The monoisotopic (exact) mass is 237 g/mol. The Bertz CT molecular complexity index is 410. The molecular weight excluding hydrogens is 226 g/mol. The molecule has 0 amide bonds. The molecule has 2 rings (SSSR count). The number of piperidine rings is 1. The molecule has 1 aliphatic rings. The average Bonchev–Trinajstić information content (AvgIpc) is 2.29. The number of hydrogen-bond donors (Lipinski definition) is 1. The molecular formula is C11H12ClN3O. The molecule has 0 spiro atoms. The van der Waals surface area contributed by atoms with E-state index in [2.05, 4.69) is 10.3 Å². The zero-order valence-corrected chi connectivity index (χ0v) is 9.50. The molecule has 0 unspecified atom stereocenters. The Morgan fingerprint density at radius 3 is 2.88 bits per heavy atom. The highest BCUT2D eigenvalue weighted by Crippen LogP contribution is 2.20. The van der Waals surface area contributed by atoms with E-state index in [0.717, 1.165) is 25.9 Å². The second-order valence-electron chi connectivity index (χ2n) is 3.69. The van der Waals surface area contributed by atoms with Gasteiger partial charge in [-0.05, 0) is 25.9 Å². The van der Waals surface area contributed by atoms with E-state index in [1.54, 1.807) is 12.1 Å². The Hall–Kier alpha value is -1.31. The first-order chi connectivity index (χ1) is 7.78. The van der Waals surface area contributed by atoms with Crippen LogP contribution in [-0.4, -0.2) is 24.2 Å². The number of nitriles is 1. The number of aromatic nitrogens is 1. The van der Waals surface area contributed by atoms with Gasteiger partial charge >= 0.3 is 0 Å². The van der Waals surface area contributed by atoms with Crippen LogP contribution in [0, 0.1) is 11.3 Å². The minimum absolute atomic E-state index is 0.200. The van der Waals surface area contributed by atoms with Crippen LogP contribution >= 0.6 is 11.6 Å². The van der Waals surface area contributed by atoms with E-state index >= 15 is 0 Å². The van der Waals surface area contributed by atoms with Crippen molar-refractivity contribution in [1.82, 2.24) is 10.3 Å². The number of halogens is 1. The quantitative estimate of drug-likeness (QED) is 0.796. The topological polar surface area (TPSA) is 57.9 Å².